The molecule has 2 saturated carbocycles. The Hall–Kier alpha value is -2.88. The van der Waals surface area contributed by atoms with Gasteiger partial charge in [0.1, 0.15) is 11.5 Å². The van der Waals surface area contributed by atoms with Crippen LogP contribution in [0.1, 0.15) is 17.5 Å². The number of ether oxygens (including phenoxy) is 1. The summed E-state index contributed by atoms with van der Waals surface area (Å²) < 4.78 is 6.02. The van der Waals surface area contributed by atoms with Crippen LogP contribution in [0.15, 0.2) is 54.6 Å². The first-order chi connectivity index (χ1) is 14.0. The topological polar surface area (TPSA) is 46.6 Å². The minimum atomic E-state index is -0.160. The Labute approximate surface area is 170 Å². The third-order valence-corrected chi connectivity index (χ3v) is 7.54. The zero-order chi connectivity index (χ0) is 19.9. The minimum absolute atomic E-state index is 0.0205. The van der Waals surface area contributed by atoms with E-state index in [-0.39, 0.29) is 35.5 Å². The number of rotatable bonds is 3. The van der Waals surface area contributed by atoms with Gasteiger partial charge in [-0.2, -0.15) is 0 Å². The molecule has 4 heteroatoms. The number of anilines is 1. The first kappa shape index (κ1) is 17.0. The lowest BCUT2D eigenvalue weighted by Gasteiger charge is -2.37. The second-order valence-corrected chi connectivity index (χ2v) is 8.96. The SMILES string of the molecule is Cc1cccc(Oc2ccc(N3C(=O)[C@@H]4[C@@H]5C=C[C@H]([C@H]6C[C@H]56)[C@@H]4C3=O)cc2)c1C. The van der Waals surface area contributed by atoms with Crippen molar-refractivity contribution in [2.24, 2.45) is 35.5 Å². The molecule has 6 atom stereocenters. The van der Waals surface area contributed by atoms with E-state index in [0.29, 0.717) is 23.3 Å². The lowest BCUT2D eigenvalue weighted by atomic mass is 9.63. The largest absolute Gasteiger partial charge is 0.457 e. The number of carbonyl (C=O) groups is 2. The van der Waals surface area contributed by atoms with E-state index in [0.717, 1.165) is 11.3 Å². The lowest BCUT2D eigenvalue weighted by molar-refractivity contribution is -0.124. The van der Waals surface area contributed by atoms with Gasteiger partial charge in [0.05, 0.1) is 17.5 Å². The van der Waals surface area contributed by atoms with Crippen molar-refractivity contribution in [1.82, 2.24) is 0 Å². The van der Waals surface area contributed by atoms with E-state index < -0.39 is 0 Å². The summed E-state index contributed by atoms with van der Waals surface area (Å²) in [5.41, 5.74) is 2.93. The Morgan fingerprint density at radius 2 is 1.48 bits per heavy atom. The standard InChI is InChI=1S/C25H23NO3/c1-13-4-3-5-21(14(13)2)29-16-8-6-15(7-9-16)26-24(27)22-17-10-11-18(20-12-19(17)20)23(22)25(26)28/h3-11,17-20,22-23H,12H2,1-2H3/t17-,18-,19-,20-,22-,23+/m1/s1. The van der Waals surface area contributed by atoms with Crippen LogP contribution in [0.2, 0.25) is 0 Å². The quantitative estimate of drug-likeness (QED) is 0.571. The number of benzene rings is 2. The molecule has 4 nitrogen and oxygen atoms in total. The van der Waals surface area contributed by atoms with E-state index >= 15 is 0 Å². The maximum atomic E-state index is 13.2. The predicted molar refractivity (Wildman–Crippen MR) is 110 cm³/mol. The van der Waals surface area contributed by atoms with Crippen LogP contribution in [0, 0.1) is 49.4 Å². The summed E-state index contributed by atoms with van der Waals surface area (Å²) in [6.45, 7) is 4.09. The van der Waals surface area contributed by atoms with Crippen LogP contribution in [0.3, 0.4) is 0 Å². The summed E-state index contributed by atoms with van der Waals surface area (Å²) >= 11 is 0. The molecule has 0 N–H and O–H groups in total. The van der Waals surface area contributed by atoms with E-state index in [1.807, 2.05) is 43.3 Å². The van der Waals surface area contributed by atoms with Crippen LogP contribution < -0.4 is 9.64 Å². The summed E-state index contributed by atoms with van der Waals surface area (Å²) in [6, 6.07) is 13.3. The summed E-state index contributed by atoms with van der Waals surface area (Å²) in [5, 5.41) is 0. The van der Waals surface area contributed by atoms with Gasteiger partial charge in [0.25, 0.3) is 0 Å². The van der Waals surface area contributed by atoms with Gasteiger partial charge in [-0.1, -0.05) is 24.3 Å². The summed E-state index contributed by atoms with van der Waals surface area (Å²) in [7, 11) is 0. The van der Waals surface area contributed by atoms with Crippen LogP contribution in [-0.4, -0.2) is 11.8 Å². The second kappa shape index (κ2) is 5.82. The number of aryl methyl sites for hydroxylation is 1. The lowest BCUT2D eigenvalue weighted by Crippen LogP contribution is -2.40. The maximum Gasteiger partial charge on any atom is 0.238 e. The Kier molecular flexibility index (Phi) is 3.41. The molecule has 0 radical (unpaired) electrons. The molecule has 0 aromatic heterocycles. The number of hydrogen-bond donors (Lipinski definition) is 0. The Bertz CT molecular complexity index is 1030. The van der Waals surface area contributed by atoms with Crippen molar-refractivity contribution < 1.29 is 14.3 Å². The molecule has 2 aromatic carbocycles. The third-order valence-electron chi connectivity index (χ3n) is 7.54. The van der Waals surface area contributed by atoms with Gasteiger partial charge in [-0.05, 0) is 85.4 Å². The first-order valence-electron chi connectivity index (χ1n) is 10.4. The maximum absolute atomic E-state index is 13.2. The van der Waals surface area contributed by atoms with Gasteiger partial charge in [0, 0.05) is 0 Å². The number of imide groups is 1. The summed E-state index contributed by atoms with van der Waals surface area (Å²) in [6.07, 6.45) is 5.59. The zero-order valence-corrected chi connectivity index (χ0v) is 16.5. The fraction of sp³-hybridized carbons (Fsp3) is 0.360. The fourth-order valence-corrected chi connectivity index (χ4v) is 5.84. The number of nitrogens with zero attached hydrogens (tertiary/aromatic N) is 1. The van der Waals surface area contributed by atoms with Crippen LogP contribution in [0.25, 0.3) is 0 Å². The average molecular weight is 385 g/mol. The molecule has 2 aromatic rings. The number of hydrogen-bond acceptors (Lipinski definition) is 3. The van der Waals surface area contributed by atoms with Gasteiger partial charge in [0.15, 0.2) is 0 Å². The zero-order valence-electron chi connectivity index (χ0n) is 16.5. The molecule has 5 aliphatic rings. The Morgan fingerprint density at radius 1 is 0.862 bits per heavy atom. The van der Waals surface area contributed by atoms with Crippen molar-refractivity contribution in [3.05, 3.63) is 65.7 Å². The van der Waals surface area contributed by atoms with Gasteiger partial charge in [-0.25, -0.2) is 0 Å². The van der Waals surface area contributed by atoms with Crippen molar-refractivity contribution in [2.75, 3.05) is 4.90 Å². The molecule has 0 unspecified atom stereocenters. The monoisotopic (exact) mass is 385 g/mol. The third kappa shape index (κ3) is 2.32. The molecule has 29 heavy (non-hydrogen) atoms. The summed E-state index contributed by atoms with van der Waals surface area (Å²) in [4.78, 5) is 27.8. The van der Waals surface area contributed by atoms with Crippen LogP contribution in [-0.2, 0) is 9.59 Å². The van der Waals surface area contributed by atoms with Crippen molar-refractivity contribution in [1.29, 1.82) is 0 Å². The highest BCUT2D eigenvalue weighted by molar-refractivity contribution is 6.22. The normalized spacial score (nSPS) is 33.7. The minimum Gasteiger partial charge on any atom is -0.457 e. The van der Waals surface area contributed by atoms with Crippen LogP contribution >= 0.6 is 0 Å². The van der Waals surface area contributed by atoms with Gasteiger partial charge >= 0.3 is 0 Å². The molecule has 1 heterocycles. The smallest absolute Gasteiger partial charge is 0.238 e. The first-order valence-corrected chi connectivity index (χ1v) is 10.4. The van der Waals surface area contributed by atoms with E-state index in [1.54, 1.807) is 0 Å². The van der Waals surface area contributed by atoms with E-state index in [1.165, 1.54) is 16.9 Å². The van der Waals surface area contributed by atoms with Crippen LogP contribution in [0.4, 0.5) is 5.69 Å². The van der Waals surface area contributed by atoms with Gasteiger partial charge in [-0.3, -0.25) is 14.5 Å². The predicted octanol–water partition coefficient (Wildman–Crippen LogP) is 4.65. The highest BCUT2D eigenvalue weighted by Gasteiger charge is 2.67. The van der Waals surface area contributed by atoms with Gasteiger partial charge < -0.3 is 4.74 Å². The molecule has 4 aliphatic carbocycles. The van der Waals surface area contributed by atoms with Gasteiger partial charge in [-0.15, -0.1) is 0 Å². The Morgan fingerprint density at radius 3 is 2.10 bits per heavy atom. The average Bonchev–Trinajstić information content (AvgIpc) is 3.50. The molecule has 1 aliphatic heterocycles. The van der Waals surface area contributed by atoms with Crippen molar-refractivity contribution in [3.63, 3.8) is 0 Å². The fourth-order valence-electron chi connectivity index (χ4n) is 5.84. The van der Waals surface area contributed by atoms with Crippen molar-refractivity contribution in [3.8, 4) is 11.5 Å². The molecule has 3 fully saturated rings. The van der Waals surface area contributed by atoms with E-state index in [4.69, 9.17) is 4.74 Å². The molecule has 2 bridgehead atoms. The highest BCUT2D eigenvalue weighted by atomic mass is 16.5. The molecular weight excluding hydrogens is 362 g/mol. The Balaban J connectivity index is 1.27. The van der Waals surface area contributed by atoms with Gasteiger partial charge in [0.2, 0.25) is 11.8 Å². The number of allylic oxidation sites excluding steroid dienone is 2. The molecular formula is C25H23NO3. The van der Waals surface area contributed by atoms with Crippen molar-refractivity contribution >= 4 is 17.5 Å². The molecule has 0 spiro atoms. The van der Waals surface area contributed by atoms with Crippen molar-refractivity contribution in [2.45, 2.75) is 20.3 Å². The van der Waals surface area contributed by atoms with Crippen LogP contribution in [0.5, 0.6) is 11.5 Å². The number of carbonyl (C=O) groups excluding carboxylic acids is 2. The van der Waals surface area contributed by atoms with E-state index in [2.05, 4.69) is 25.1 Å². The molecule has 2 amide bonds. The highest BCUT2D eigenvalue weighted by Crippen LogP contribution is 2.65. The number of amides is 2. The second-order valence-electron chi connectivity index (χ2n) is 8.96. The molecule has 7 rings (SSSR count). The molecule has 1 saturated heterocycles. The summed E-state index contributed by atoms with van der Waals surface area (Å²) in [5.74, 6) is 2.90. The van der Waals surface area contributed by atoms with E-state index in [9.17, 15) is 9.59 Å². The molecule has 146 valence electrons.